The van der Waals surface area contributed by atoms with Crippen molar-refractivity contribution in [3.63, 3.8) is 0 Å². The maximum Gasteiger partial charge on any atom is 0.309 e. The van der Waals surface area contributed by atoms with Gasteiger partial charge < -0.3 is 15.2 Å². The van der Waals surface area contributed by atoms with Gasteiger partial charge in [0, 0.05) is 13.1 Å². The lowest BCUT2D eigenvalue weighted by Crippen LogP contribution is -2.60. The van der Waals surface area contributed by atoms with E-state index in [1.807, 2.05) is 20.8 Å². The van der Waals surface area contributed by atoms with Crippen molar-refractivity contribution in [1.29, 1.82) is 0 Å². The van der Waals surface area contributed by atoms with Crippen LogP contribution in [0, 0.1) is 0 Å². The van der Waals surface area contributed by atoms with Crippen LogP contribution in [0.4, 0.5) is 0 Å². The summed E-state index contributed by atoms with van der Waals surface area (Å²) in [5.41, 5.74) is -1.34. The van der Waals surface area contributed by atoms with Crippen LogP contribution >= 0.6 is 0 Å². The van der Waals surface area contributed by atoms with E-state index < -0.39 is 11.2 Å². The van der Waals surface area contributed by atoms with Crippen LogP contribution in [0.15, 0.2) is 0 Å². The Morgan fingerprint density at radius 2 is 2.08 bits per heavy atom. The van der Waals surface area contributed by atoms with E-state index in [-0.39, 0.29) is 12.4 Å². The molecule has 0 atom stereocenters. The second kappa shape index (κ2) is 3.27. The number of carbonyl (C=O) groups excluding carboxylic acids is 1. The molecule has 4 heteroatoms. The minimum atomic E-state index is -0.873. The zero-order valence-electron chi connectivity index (χ0n) is 8.39. The summed E-state index contributed by atoms with van der Waals surface area (Å²) in [6.07, 6.45) is 0.0806. The lowest BCUT2D eigenvalue weighted by atomic mass is 9.93. The Kier molecular flexibility index (Phi) is 2.63. The third-order valence-electron chi connectivity index (χ3n) is 1.80. The van der Waals surface area contributed by atoms with Crippen LogP contribution in [0.5, 0.6) is 0 Å². The number of β-amino-alcohol motifs (C(OH)–C–C–N with tert-alkyl or cyclic N) is 1. The topological polar surface area (TPSA) is 58.6 Å². The zero-order valence-corrected chi connectivity index (χ0v) is 8.39. The number of aliphatic hydroxyl groups is 1. The summed E-state index contributed by atoms with van der Waals surface area (Å²) in [7, 11) is 0. The largest absolute Gasteiger partial charge is 0.460 e. The molecular weight excluding hydrogens is 170 g/mol. The van der Waals surface area contributed by atoms with Gasteiger partial charge in [0.1, 0.15) is 5.60 Å². The van der Waals surface area contributed by atoms with Crippen LogP contribution in [0.25, 0.3) is 0 Å². The summed E-state index contributed by atoms with van der Waals surface area (Å²) in [5.74, 6) is -0.337. The van der Waals surface area contributed by atoms with E-state index in [2.05, 4.69) is 5.32 Å². The van der Waals surface area contributed by atoms with Crippen molar-refractivity contribution in [3.05, 3.63) is 0 Å². The number of rotatable bonds is 2. The molecule has 0 radical (unpaired) electrons. The maximum absolute atomic E-state index is 11.3. The fraction of sp³-hybridized carbons (Fsp3) is 0.889. The van der Waals surface area contributed by atoms with Crippen molar-refractivity contribution in [1.82, 2.24) is 5.32 Å². The number of esters is 1. The summed E-state index contributed by atoms with van der Waals surface area (Å²) in [6, 6.07) is 0. The van der Waals surface area contributed by atoms with Gasteiger partial charge in [-0.2, -0.15) is 0 Å². The molecule has 0 aromatic heterocycles. The fourth-order valence-electron chi connectivity index (χ4n) is 1.18. The van der Waals surface area contributed by atoms with Gasteiger partial charge >= 0.3 is 5.97 Å². The van der Waals surface area contributed by atoms with Gasteiger partial charge in [0.05, 0.1) is 12.0 Å². The molecule has 0 saturated carbocycles. The molecule has 0 aliphatic carbocycles. The molecule has 1 aliphatic rings. The molecule has 0 spiro atoms. The fourth-order valence-corrected chi connectivity index (χ4v) is 1.18. The highest BCUT2D eigenvalue weighted by atomic mass is 16.6. The molecule has 13 heavy (non-hydrogen) atoms. The zero-order chi connectivity index (χ0) is 10.1. The van der Waals surface area contributed by atoms with E-state index in [1.54, 1.807) is 0 Å². The van der Waals surface area contributed by atoms with Crippen LogP contribution in [0.2, 0.25) is 0 Å². The Morgan fingerprint density at radius 3 is 2.38 bits per heavy atom. The second-order valence-corrected chi connectivity index (χ2v) is 4.59. The van der Waals surface area contributed by atoms with E-state index in [4.69, 9.17) is 4.74 Å². The van der Waals surface area contributed by atoms with Crippen molar-refractivity contribution in [3.8, 4) is 0 Å². The number of carbonyl (C=O) groups is 1. The van der Waals surface area contributed by atoms with Gasteiger partial charge in [-0.15, -0.1) is 0 Å². The maximum atomic E-state index is 11.3. The minimum absolute atomic E-state index is 0.0806. The summed E-state index contributed by atoms with van der Waals surface area (Å²) >= 11 is 0. The smallest absolute Gasteiger partial charge is 0.309 e. The van der Waals surface area contributed by atoms with Gasteiger partial charge in [-0.1, -0.05) is 0 Å². The monoisotopic (exact) mass is 187 g/mol. The highest BCUT2D eigenvalue weighted by Gasteiger charge is 2.37. The van der Waals surface area contributed by atoms with E-state index in [9.17, 15) is 9.90 Å². The molecule has 76 valence electrons. The molecule has 1 saturated heterocycles. The van der Waals surface area contributed by atoms with Gasteiger partial charge in [0.15, 0.2) is 0 Å². The van der Waals surface area contributed by atoms with Gasteiger partial charge in [-0.05, 0) is 20.8 Å². The predicted molar refractivity (Wildman–Crippen MR) is 48.3 cm³/mol. The number of hydrogen-bond acceptors (Lipinski definition) is 4. The number of hydrogen-bond donors (Lipinski definition) is 2. The molecule has 1 rings (SSSR count). The van der Waals surface area contributed by atoms with Gasteiger partial charge in [0.2, 0.25) is 0 Å². The number of nitrogens with one attached hydrogen (secondary N) is 1. The summed E-state index contributed by atoms with van der Waals surface area (Å²) < 4.78 is 5.08. The van der Waals surface area contributed by atoms with E-state index in [1.165, 1.54) is 0 Å². The Labute approximate surface area is 78.3 Å². The minimum Gasteiger partial charge on any atom is -0.460 e. The third-order valence-corrected chi connectivity index (χ3v) is 1.80. The average molecular weight is 187 g/mol. The molecule has 0 aromatic rings. The average Bonchev–Trinajstić information content (AvgIpc) is 1.79. The standard InChI is InChI=1S/C9H17NO3/c1-8(2,3)13-7(11)4-9(12)5-10-6-9/h10,12H,4-6H2,1-3H3. The van der Waals surface area contributed by atoms with E-state index >= 15 is 0 Å². The predicted octanol–water partition coefficient (Wildman–Crippen LogP) is 0.0525. The first kappa shape index (κ1) is 10.5. The quantitative estimate of drug-likeness (QED) is 0.600. The molecule has 0 unspecified atom stereocenters. The van der Waals surface area contributed by atoms with E-state index in [0.29, 0.717) is 13.1 Å². The van der Waals surface area contributed by atoms with Crippen molar-refractivity contribution in [2.45, 2.75) is 38.4 Å². The van der Waals surface area contributed by atoms with Gasteiger partial charge in [0.25, 0.3) is 0 Å². The highest BCUT2D eigenvalue weighted by molar-refractivity contribution is 5.71. The van der Waals surface area contributed by atoms with Gasteiger partial charge in [-0.3, -0.25) is 4.79 Å². The van der Waals surface area contributed by atoms with Crippen LogP contribution in [0.3, 0.4) is 0 Å². The first-order valence-corrected chi connectivity index (χ1v) is 4.46. The summed E-state index contributed by atoms with van der Waals surface area (Å²) in [6.45, 7) is 6.40. The first-order chi connectivity index (χ1) is 5.81. The highest BCUT2D eigenvalue weighted by Crippen LogP contribution is 2.18. The molecular formula is C9H17NO3. The summed E-state index contributed by atoms with van der Waals surface area (Å²) in [5, 5.41) is 12.5. The molecule has 2 N–H and O–H groups in total. The molecule has 0 amide bonds. The molecule has 1 aliphatic heterocycles. The Hall–Kier alpha value is -0.610. The van der Waals surface area contributed by atoms with Crippen LogP contribution in [-0.2, 0) is 9.53 Å². The van der Waals surface area contributed by atoms with Crippen molar-refractivity contribution < 1.29 is 14.6 Å². The molecule has 0 bridgehead atoms. The van der Waals surface area contributed by atoms with Crippen LogP contribution < -0.4 is 5.32 Å². The first-order valence-electron chi connectivity index (χ1n) is 4.46. The number of ether oxygens (including phenoxy) is 1. The molecule has 1 heterocycles. The van der Waals surface area contributed by atoms with Crippen molar-refractivity contribution in [2.24, 2.45) is 0 Å². The van der Waals surface area contributed by atoms with Crippen LogP contribution in [0.1, 0.15) is 27.2 Å². The van der Waals surface area contributed by atoms with Gasteiger partial charge in [-0.25, -0.2) is 0 Å². The van der Waals surface area contributed by atoms with Crippen molar-refractivity contribution in [2.75, 3.05) is 13.1 Å². The lowest BCUT2D eigenvalue weighted by Gasteiger charge is -2.37. The van der Waals surface area contributed by atoms with Crippen LogP contribution in [-0.4, -0.2) is 35.4 Å². The SMILES string of the molecule is CC(C)(C)OC(=O)CC1(O)CNC1. The van der Waals surface area contributed by atoms with E-state index in [0.717, 1.165) is 0 Å². The second-order valence-electron chi connectivity index (χ2n) is 4.59. The normalized spacial score (nSPS) is 20.6. The lowest BCUT2D eigenvalue weighted by molar-refractivity contribution is -0.162. The summed E-state index contributed by atoms with van der Waals surface area (Å²) in [4.78, 5) is 11.3. The molecule has 0 aromatic carbocycles. The Balaban J connectivity index is 2.33. The van der Waals surface area contributed by atoms with Crippen molar-refractivity contribution >= 4 is 5.97 Å². The Morgan fingerprint density at radius 1 is 1.54 bits per heavy atom. The Bertz CT molecular complexity index is 203. The third kappa shape index (κ3) is 3.32. The molecule has 4 nitrogen and oxygen atoms in total. The molecule has 1 fully saturated rings.